The number of nitrogens with zero attached hydrogens (tertiary/aromatic N) is 3. The zero-order valence-electron chi connectivity index (χ0n) is 15.3. The first kappa shape index (κ1) is 17.7. The largest absolute Gasteiger partial charge is 0.374 e. The van der Waals surface area contributed by atoms with Gasteiger partial charge in [-0.15, -0.1) is 0 Å². The van der Waals surface area contributed by atoms with Gasteiger partial charge in [0.25, 0.3) is 0 Å². The van der Waals surface area contributed by atoms with Crippen LogP contribution in [0.4, 0.5) is 4.79 Å². The summed E-state index contributed by atoms with van der Waals surface area (Å²) in [5.74, 6) is -0.000482. The second-order valence-corrected chi connectivity index (χ2v) is 7.18. The van der Waals surface area contributed by atoms with Crippen LogP contribution in [0.15, 0.2) is 24.3 Å². The molecule has 1 aromatic rings. The van der Waals surface area contributed by atoms with Crippen molar-refractivity contribution in [3.63, 3.8) is 0 Å². The maximum Gasteiger partial charge on any atom is 0.319 e. The van der Waals surface area contributed by atoms with Gasteiger partial charge in [0, 0.05) is 40.3 Å². The number of urea groups is 1. The van der Waals surface area contributed by atoms with Crippen LogP contribution < -0.4 is 0 Å². The molecule has 3 amide bonds. The highest BCUT2D eigenvalue weighted by Crippen LogP contribution is 2.26. The number of benzene rings is 1. The standard InChI is InChI=1S/C19H27N3O3/c1-14-5-4-6-15(11-14)12-21-9-10-25-17-13-22(19(24)20(2)3)8-7-16(17)18(21)23/h4-6,11,16-17H,7-10,12-13H2,1-3H3/t16-,17+/m1/s1. The molecule has 2 fully saturated rings. The minimum Gasteiger partial charge on any atom is -0.374 e. The van der Waals surface area contributed by atoms with E-state index in [-0.39, 0.29) is 24.0 Å². The topological polar surface area (TPSA) is 53.1 Å². The molecule has 25 heavy (non-hydrogen) atoms. The molecule has 0 radical (unpaired) electrons. The Hall–Kier alpha value is -2.08. The molecule has 2 atom stereocenters. The number of hydrogen-bond acceptors (Lipinski definition) is 3. The fourth-order valence-corrected chi connectivity index (χ4v) is 3.67. The summed E-state index contributed by atoms with van der Waals surface area (Å²) in [7, 11) is 3.49. The van der Waals surface area contributed by atoms with Gasteiger partial charge in [0.15, 0.2) is 0 Å². The van der Waals surface area contributed by atoms with Gasteiger partial charge in [0.2, 0.25) is 5.91 Å². The Kier molecular flexibility index (Phi) is 5.27. The highest BCUT2D eigenvalue weighted by molar-refractivity contribution is 5.81. The molecule has 0 bridgehead atoms. The van der Waals surface area contributed by atoms with E-state index in [1.165, 1.54) is 5.56 Å². The Morgan fingerprint density at radius 3 is 2.84 bits per heavy atom. The van der Waals surface area contributed by atoms with Gasteiger partial charge in [0.1, 0.15) is 0 Å². The normalized spacial score (nSPS) is 23.9. The van der Waals surface area contributed by atoms with Gasteiger partial charge in [0.05, 0.1) is 18.6 Å². The summed E-state index contributed by atoms with van der Waals surface area (Å²) < 4.78 is 5.95. The van der Waals surface area contributed by atoms with E-state index in [9.17, 15) is 9.59 Å². The van der Waals surface area contributed by atoms with Crippen LogP contribution in [0.3, 0.4) is 0 Å². The number of hydrogen-bond donors (Lipinski definition) is 0. The van der Waals surface area contributed by atoms with Crippen LogP contribution in [0.1, 0.15) is 17.5 Å². The molecule has 0 aliphatic carbocycles. The van der Waals surface area contributed by atoms with Crippen molar-refractivity contribution in [3.8, 4) is 0 Å². The summed E-state index contributed by atoms with van der Waals surface area (Å²) in [6.07, 6.45) is 0.459. The number of rotatable bonds is 2. The lowest BCUT2D eigenvalue weighted by Crippen LogP contribution is -2.53. The zero-order chi connectivity index (χ0) is 18.0. The molecule has 0 N–H and O–H groups in total. The molecule has 2 saturated heterocycles. The third kappa shape index (κ3) is 3.95. The number of carbonyl (C=O) groups is 2. The van der Waals surface area contributed by atoms with Crippen LogP contribution >= 0.6 is 0 Å². The minimum absolute atomic E-state index is 0.0182. The van der Waals surface area contributed by atoms with Gasteiger partial charge in [-0.1, -0.05) is 29.8 Å². The fourth-order valence-electron chi connectivity index (χ4n) is 3.67. The Morgan fingerprint density at radius 2 is 2.12 bits per heavy atom. The van der Waals surface area contributed by atoms with E-state index in [0.29, 0.717) is 39.2 Å². The summed E-state index contributed by atoms with van der Waals surface area (Å²) in [5.41, 5.74) is 2.34. The third-order valence-electron chi connectivity index (χ3n) is 4.99. The molecule has 0 aromatic heterocycles. The van der Waals surface area contributed by atoms with E-state index < -0.39 is 0 Å². The molecule has 1 aromatic carbocycles. The smallest absolute Gasteiger partial charge is 0.319 e. The average Bonchev–Trinajstić information content (AvgIpc) is 2.73. The quantitative estimate of drug-likeness (QED) is 0.820. The molecule has 3 rings (SSSR count). The highest BCUT2D eigenvalue weighted by atomic mass is 16.5. The molecule has 6 heteroatoms. The van der Waals surface area contributed by atoms with Crippen molar-refractivity contribution in [3.05, 3.63) is 35.4 Å². The van der Waals surface area contributed by atoms with Gasteiger partial charge in [-0.2, -0.15) is 0 Å². The maximum atomic E-state index is 13.0. The zero-order valence-corrected chi connectivity index (χ0v) is 15.3. The number of ether oxygens (including phenoxy) is 1. The lowest BCUT2D eigenvalue weighted by atomic mass is 9.92. The van der Waals surface area contributed by atoms with Crippen molar-refractivity contribution < 1.29 is 14.3 Å². The Labute approximate surface area is 149 Å². The van der Waals surface area contributed by atoms with Crippen LogP contribution in [0.25, 0.3) is 0 Å². The van der Waals surface area contributed by atoms with Gasteiger partial charge >= 0.3 is 6.03 Å². The van der Waals surface area contributed by atoms with Gasteiger partial charge in [-0.25, -0.2) is 4.79 Å². The number of fused-ring (bicyclic) bond motifs is 1. The summed E-state index contributed by atoms with van der Waals surface area (Å²) >= 11 is 0. The summed E-state index contributed by atoms with van der Waals surface area (Å²) in [5, 5.41) is 0. The molecular weight excluding hydrogens is 318 g/mol. The predicted octanol–water partition coefficient (Wildman–Crippen LogP) is 1.73. The number of piperidine rings is 1. The molecule has 2 aliphatic rings. The van der Waals surface area contributed by atoms with E-state index in [1.54, 1.807) is 23.9 Å². The SMILES string of the molecule is Cc1cccc(CN2CCO[C@H]3CN(C(=O)N(C)C)CC[C@H]3C2=O)c1. The minimum atomic E-state index is -0.201. The molecule has 2 aliphatic heterocycles. The van der Waals surface area contributed by atoms with Crippen LogP contribution in [0, 0.1) is 12.8 Å². The van der Waals surface area contributed by atoms with E-state index in [4.69, 9.17) is 4.74 Å². The van der Waals surface area contributed by atoms with E-state index >= 15 is 0 Å². The third-order valence-corrected chi connectivity index (χ3v) is 4.99. The van der Waals surface area contributed by atoms with Crippen LogP contribution in [0.5, 0.6) is 0 Å². The van der Waals surface area contributed by atoms with Crippen molar-refractivity contribution >= 4 is 11.9 Å². The predicted molar refractivity (Wildman–Crippen MR) is 95.1 cm³/mol. The van der Waals surface area contributed by atoms with Crippen molar-refractivity contribution in [2.45, 2.75) is 26.0 Å². The van der Waals surface area contributed by atoms with Gasteiger partial charge < -0.3 is 19.4 Å². The molecule has 0 unspecified atom stereocenters. The Bertz CT molecular complexity index is 647. The fraction of sp³-hybridized carbons (Fsp3) is 0.579. The van der Waals surface area contributed by atoms with Crippen LogP contribution in [-0.4, -0.2) is 73.1 Å². The monoisotopic (exact) mass is 345 g/mol. The van der Waals surface area contributed by atoms with E-state index in [1.807, 2.05) is 11.0 Å². The Morgan fingerprint density at radius 1 is 1.32 bits per heavy atom. The van der Waals surface area contributed by atoms with Crippen molar-refractivity contribution in [2.24, 2.45) is 5.92 Å². The van der Waals surface area contributed by atoms with Crippen molar-refractivity contribution in [2.75, 3.05) is 40.3 Å². The van der Waals surface area contributed by atoms with Crippen LogP contribution in [-0.2, 0) is 16.1 Å². The molecule has 0 spiro atoms. The maximum absolute atomic E-state index is 13.0. The van der Waals surface area contributed by atoms with Gasteiger partial charge in [-0.05, 0) is 18.9 Å². The number of likely N-dealkylation sites (tertiary alicyclic amines) is 1. The van der Waals surface area contributed by atoms with Crippen molar-refractivity contribution in [1.29, 1.82) is 0 Å². The average molecular weight is 345 g/mol. The first-order valence-electron chi connectivity index (χ1n) is 8.88. The number of aryl methyl sites for hydroxylation is 1. The highest BCUT2D eigenvalue weighted by Gasteiger charge is 2.40. The van der Waals surface area contributed by atoms with Gasteiger partial charge in [-0.3, -0.25) is 4.79 Å². The summed E-state index contributed by atoms with van der Waals surface area (Å²) in [6, 6.07) is 8.24. The van der Waals surface area contributed by atoms with E-state index in [2.05, 4.69) is 25.1 Å². The summed E-state index contributed by atoms with van der Waals surface area (Å²) in [4.78, 5) is 30.5. The Balaban J connectivity index is 1.68. The molecule has 136 valence electrons. The first-order chi connectivity index (χ1) is 12.0. The van der Waals surface area contributed by atoms with Crippen molar-refractivity contribution in [1.82, 2.24) is 14.7 Å². The lowest BCUT2D eigenvalue weighted by molar-refractivity contribution is -0.139. The first-order valence-corrected chi connectivity index (χ1v) is 8.88. The molecule has 0 saturated carbocycles. The second kappa shape index (κ2) is 7.44. The number of amides is 3. The van der Waals surface area contributed by atoms with E-state index in [0.717, 1.165) is 5.56 Å². The number of carbonyl (C=O) groups excluding carboxylic acids is 2. The lowest BCUT2D eigenvalue weighted by Gasteiger charge is -2.38. The molecule has 2 heterocycles. The van der Waals surface area contributed by atoms with Crippen LogP contribution in [0.2, 0.25) is 0 Å². The second-order valence-electron chi connectivity index (χ2n) is 7.18. The summed E-state index contributed by atoms with van der Waals surface area (Å²) in [6.45, 7) is 4.89. The molecular formula is C19H27N3O3. The molecule has 6 nitrogen and oxygen atoms in total.